The molecule has 0 aromatic carbocycles. The summed E-state index contributed by atoms with van der Waals surface area (Å²) in [4.78, 5) is 22.4. The third kappa shape index (κ3) is 15.4. The first-order valence-electron chi connectivity index (χ1n) is 10.8. The van der Waals surface area contributed by atoms with Gasteiger partial charge in [-0.15, -0.1) is 0 Å². The van der Waals surface area contributed by atoms with Crippen molar-refractivity contribution in [3.63, 3.8) is 0 Å². The highest BCUT2D eigenvalue weighted by molar-refractivity contribution is 6.90. The van der Waals surface area contributed by atoms with Gasteiger partial charge >= 0.3 is 37.6 Å². The van der Waals surface area contributed by atoms with Crippen LogP contribution in [0.5, 0.6) is 0 Å². The molecule has 0 aliphatic carbocycles. The van der Waals surface area contributed by atoms with Crippen LogP contribution in [0, 0.1) is 5.92 Å². The minimum Gasteiger partial charge on any atom is -0.481 e. The Bertz CT molecular complexity index is 583. The van der Waals surface area contributed by atoms with E-state index in [0.717, 1.165) is 0 Å². The Morgan fingerprint density at radius 2 is 1.10 bits per heavy atom. The zero-order valence-corrected chi connectivity index (χ0v) is 26.2. The van der Waals surface area contributed by atoms with Crippen molar-refractivity contribution in [2.75, 3.05) is 0 Å². The Morgan fingerprint density at radius 3 is 1.39 bits per heavy atom. The minimum atomic E-state index is -2.78. The lowest BCUT2D eigenvalue weighted by atomic mass is 10.0. The molecule has 0 rings (SSSR count). The molecular formula is C18H44O8Si5. The van der Waals surface area contributed by atoms with Gasteiger partial charge in [0.1, 0.15) is 0 Å². The Labute approximate surface area is 193 Å². The van der Waals surface area contributed by atoms with E-state index < -0.39 is 60.2 Å². The van der Waals surface area contributed by atoms with E-state index in [1.54, 1.807) is 0 Å². The van der Waals surface area contributed by atoms with Crippen molar-refractivity contribution in [2.45, 2.75) is 97.3 Å². The maximum absolute atomic E-state index is 11.4. The van der Waals surface area contributed by atoms with Gasteiger partial charge in [-0.25, -0.2) is 0 Å². The second-order valence-electron chi connectivity index (χ2n) is 11.1. The van der Waals surface area contributed by atoms with E-state index in [9.17, 15) is 14.7 Å². The predicted octanol–water partition coefficient (Wildman–Crippen LogP) is 5.15. The van der Waals surface area contributed by atoms with Gasteiger partial charge in [-0.1, -0.05) is 6.42 Å². The van der Waals surface area contributed by atoms with Gasteiger partial charge in [-0.3, -0.25) is 9.59 Å². The van der Waals surface area contributed by atoms with Crippen LogP contribution in [0.3, 0.4) is 0 Å². The number of hydrogen-bond acceptors (Lipinski definition) is 6. The highest BCUT2D eigenvalue weighted by Crippen LogP contribution is 2.30. The lowest BCUT2D eigenvalue weighted by Gasteiger charge is -2.43. The summed E-state index contributed by atoms with van der Waals surface area (Å²) in [5.41, 5.74) is 0. The fourth-order valence-electron chi connectivity index (χ4n) is 3.87. The molecule has 0 fully saturated rings. The molecule has 0 bridgehead atoms. The maximum Gasteiger partial charge on any atom is 0.317 e. The topological polar surface area (TPSA) is 112 Å². The fourth-order valence-corrected chi connectivity index (χ4v) is 27.3. The van der Waals surface area contributed by atoms with Crippen molar-refractivity contribution in [1.82, 2.24) is 0 Å². The quantitative estimate of drug-likeness (QED) is 0.281. The van der Waals surface area contributed by atoms with Crippen LogP contribution in [-0.2, 0) is 26.0 Å². The van der Waals surface area contributed by atoms with Crippen LogP contribution in [0.1, 0.15) is 19.3 Å². The molecule has 31 heavy (non-hydrogen) atoms. The molecule has 0 saturated carbocycles. The molecule has 13 heteroatoms. The number of rotatable bonds is 15. The summed E-state index contributed by atoms with van der Waals surface area (Å²) in [6, 6.07) is 0.563. The number of carbonyl (C=O) groups is 2. The number of carboxylic acids is 2. The van der Waals surface area contributed by atoms with Crippen LogP contribution in [-0.4, -0.2) is 64.5 Å². The Hall–Kier alpha value is -0.136. The van der Waals surface area contributed by atoms with Crippen LogP contribution in [0.4, 0.5) is 0 Å². The molecule has 0 radical (unpaired) electrons. The van der Waals surface area contributed by atoms with Crippen LogP contribution >= 0.6 is 0 Å². The largest absolute Gasteiger partial charge is 0.481 e. The third-order valence-corrected chi connectivity index (χ3v) is 21.5. The molecule has 0 aromatic rings. The minimum absolute atomic E-state index is 0.269. The van der Waals surface area contributed by atoms with E-state index in [0.29, 0.717) is 12.5 Å². The molecule has 2 N–H and O–H groups in total. The standard InChI is InChI=1S/C18H44O8Si5/c1-27(2,3)23-29(7,8)25-31(11,26-30(9,10)24-28(4,5)6)14-12-13-16(18(21)22)15-17(19)20/h16H,12-15H2,1-11H3,(H,19,20)(H,21,22). The Kier molecular flexibility index (Phi) is 11.3. The molecule has 0 amide bonds. The van der Waals surface area contributed by atoms with Gasteiger partial charge in [0.05, 0.1) is 12.3 Å². The highest BCUT2D eigenvalue weighted by atomic mass is 28.5. The second kappa shape index (κ2) is 11.3. The molecule has 0 aliphatic heterocycles. The normalized spacial score (nSPS) is 15.1. The summed E-state index contributed by atoms with van der Waals surface area (Å²) in [5.74, 6) is -3.10. The summed E-state index contributed by atoms with van der Waals surface area (Å²) in [6.07, 6.45) is 0.403. The van der Waals surface area contributed by atoms with Crippen LogP contribution < -0.4 is 0 Å². The monoisotopic (exact) mass is 528 g/mol. The van der Waals surface area contributed by atoms with Crippen molar-refractivity contribution >= 4 is 54.3 Å². The average Bonchev–Trinajstić information content (AvgIpc) is 2.37. The second-order valence-corrected chi connectivity index (χ2v) is 31.2. The molecule has 0 saturated heterocycles. The van der Waals surface area contributed by atoms with Crippen molar-refractivity contribution in [1.29, 1.82) is 0 Å². The van der Waals surface area contributed by atoms with Gasteiger partial charge in [-0.2, -0.15) is 0 Å². The van der Waals surface area contributed by atoms with E-state index in [1.807, 2.05) is 32.7 Å². The van der Waals surface area contributed by atoms with Crippen LogP contribution in [0.15, 0.2) is 0 Å². The van der Waals surface area contributed by atoms with Crippen molar-refractivity contribution in [3.8, 4) is 0 Å². The number of carboxylic acid groups (broad SMARTS) is 2. The maximum atomic E-state index is 11.4. The molecule has 0 aliphatic rings. The van der Waals surface area contributed by atoms with Gasteiger partial charge in [0.25, 0.3) is 0 Å². The molecule has 1 unspecified atom stereocenters. The molecule has 184 valence electrons. The Balaban J connectivity index is 5.56. The van der Waals surface area contributed by atoms with Crippen LogP contribution in [0.25, 0.3) is 0 Å². The summed E-state index contributed by atoms with van der Waals surface area (Å²) in [6.45, 7) is 22.9. The van der Waals surface area contributed by atoms with E-state index in [-0.39, 0.29) is 12.8 Å². The van der Waals surface area contributed by atoms with Crippen molar-refractivity contribution < 1.29 is 36.3 Å². The average molecular weight is 529 g/mol. The molecule has 0 spiro atoms. The zero-order valence-electron chi connectivity index (χ0n) is 21.2. The smallest absolute Gasteiger partial charge is 0.317 e. The zero-order chi connectivity index (χ0) is 24.9. The van der Waals surface area contributed by atoms with Gasteiger partial charge in [0.15, 0.2) is 16.6 Å². The van der Waals surface area contributed by atoms with Gasteiger partial charge in [0.2, 0.25) is 0 Å². The van der Waals surface area contributed by atoms with Crippen LogP contribution in [0.2, 0.25) is 78.1 Å². The van der Waals surface area contributed by atoms with E-state index in [2.05, 4.69) is 39.3 Å². The Morgan fingerprint density at radius 1 is 0.710 bits per heavy atom. The summed E-state index contributed by atoms with van der Waals surface area (Å²) in [7, 11) is -11.4. The van der Waals surface area contributed by atoms with E-state index in [4.69, 9.17) is 21.6 Å². The first-order chi connectivity index (χ1) is 13.5. The molecule has 0 aromatic heterocycles. The van der Waals surface area contributed by atoms with Crippen molar-refractivity contribution in [2.24, 2.45) is 5.92 Å². The first kappa shape index (κ1) is 30.9. The summed E-state index contributed by atoms with van der Waals surface area (Å²) >= 11 is 0. The predicted molar refractivity (Wildman–Crippen MR) is 135 cm³/mol. The first-order valence-corrected chi connectivity index (χ1v) is 25.8. The number of aliphatic carboxylic acids is 2. The summed E-state index contributed by atoms with van der Waals surface area (Å²) < 4.78 is 26.1. The highest BCUT2D eigenvalue weighted by Gasteiger charge is 2.47. The molecule has 8 nitrogen and oxygen atoms in total. The SMILES string of the molecule is C[Si](C)(C)O[Si](C)(C)O[Si](C)(CCCC(CC(=O)O)C(=O)O)O[Si](C)(C)O[Si](C)(C)C. The third-order valence-electron chi connectivity index (χ3n) is 3.98. The van der Waals surface area contributed by atoms with Crippen molar-refractivity contribution in [3.05, 3.63) is 0 Å². The molecular weight excluding hydrogens is 485 g/mol. The van der Waals surface area contributed by atoms with E-state index >= 15 is 0 Å². The van der Waals surface area contributed by atoms with Gasteiger partial charge < -0.3 is 26.7 Å². The molecule has 1 atom stereocenters. The fraction of sp³-hybridized carbons (Fsp3) is 0.889. The molecule has 0 heterocycles. The lowest BCUT2D eigenvalue weighted by molar-refractivity contribution is -0.148. The van der Waals surface area contributed by atoms with Gasteiger partial charge in [0, 0.05) is 0 Å². The number of hydrogen-bond donors (Lipinski definition) is 2. The lowest BCUT2D eigenvalue weighted by Crippen LogP contribution is -2.59. The van der Waals surface area contributed by atoms with E-state index in [1.165, 1.54) is 0 Å². The summed E-state index contributed by atoms with van der Waals surface area (Å²) in [5, 5.41) is 18.3. The van der Waals surface area contributed by atoms with Gasteiger partial charge in [-0.05, 0) is 84.5 Å².